The van der Waals surface area contributed by atoms with Crippen LogP contribution in [-0.2, 0) is 6.61 Å². The summed E-state index contributed by atoms with van der Waals surface area (Å²) in [5.74, 6) is 2.15. The van der Waals surface area contributed by atoms with Crippen molar-refractivity contribution in [3.05, 3.63) is 107 Å². The highest BCUT2D eigenvalue weighted by molar-refractivity contribution is 6.12. The molecule has 144 valence electrons. The first-order valence-electron chi connectivity index (χ1n) is 9.29. The minimum atomic E-state index is -0.126. The molecule has 29 heavy (non-hydrogen) atoms. The van der Waals surface area contributed by atoms with Gasteiger partial charge in [-0.2, -0.15) is 0 Å². The molecule has 0 spiro atoms. The quantitative estimate of drug-likeness (QED) is 0.531. The van der Waals surface area contributed by atoms with Crippen molar-refractivity contribution in [3.8, 4) is 17.2 Å². The van der Waals surface area contributed by atoms with E-state index >= 15 is 0 Å². The normalized spacial score (nSPS) is 14.1. The molecular formula is C25H20O4. The lowest BCUT2D eigenvalue weighted by atomic mass is 10.1. The number of fused-ring (bicyclic) bond motifs is 1. The maximum absolute atomic E-state index is 12.5. The van der Waals surface area contributed by atoms with Gasteiger partial charge in [0.05, 0.1) is 12.7 Å². The first kappa shape index (κ1) is 18.6. The van der Waals surface area contributed by atoms with Crippen molar-refractivity contribution < 1.29 is 19.0 Å². The minimum absolute atomic E-state index is 0.126. The second-order valence-corrected chi connectivity index (χ2v) is 6.53. The zero-order valence-electron chi connectivity index (χ0n) is 16.0. The highest BCUT2D eigenvalue weighted by atomic mass is 16.5. The van der Waals surface area contributed by atoms with E-state index in [9.17, 15) is 4.79 Å². The number of carbonyl (C=O) groups excluding carboxylic acids is 1. The highest BCUT2D eigenvalue weighted by Crippen LogP contribution is 2.34. The van der Waals surface area contributed by atoms with Gasteiger partial charge in [0.1, 0.15) is 23.9 Å². The molecule has 0 bridgehead atoms. The molecule has 4 rings (SSSR count). The number of rotatable bonds is 6. The number of Topliss-reactive ketones (excluding diaryl/α,β-unsaturated/α-hetero) is 1. The molecule has 1 aliphatic heterocycles. The van der Waals surface area contributed by atoms with Crippen LogP contribution in [0.5, 0.6) is 17.2 Å². The fourth-order valence-electron chi connectivity index (χ4n) is 2.97. The molecule has 0 amide bonds. The standard InChI is InChI=1S/C25H20O4/c1-27-20-12-10-19(11-13-20)17-28-21-14-15-22-24(16-21)29-23(25(22)26)9-5-8-18-6-3-2-4-7-18/h2-16H,17H2,1H3. The molecule has 0 saturated carbocycles. The zero-order valence-corrected chi connectivity index (χ0v) is 16.0. The number of carbonyl (C=O) groups is 1. The van der Waals surface area contributed by atoms with Crippen molar-refractivity contribution in [1.29, 1.82) is 0 Å². The van der Waals surface area contributed by atoms with Crippen LogP contribution in [0.1, 0.15) is 21.5 Å². The summed E-state index contributed by atoms with van der Waals surface area (Å²) < 4.78 is 16.7. The summed E-state index contributed by atoms with van der Waals surface area (Å²) in [5, 5.41) is 0. The number of ketones is 1. The predicted molar refractivity (Wildman–Crippen MR) is 112 cm³/mol. The number of benzene rings is 3. The van der Waals surface area contributed by atoms with E-state index in [2.05, 4.69) is 0 Å². The third-order valence-corrected chi connectivity index (χ3v) is 4.54. The maximum atomic E-state index is 12.5. The second kappa shape index (κ2) is 8.48. The van der Waals surface area contributed by atoms with Gasteiger partial charge in [-0.3, -0.25) is 4.79 Å². The number of allylic oxidation sites excluding steroid dienone is 3. The van der Waals surface area contributed by atoms with Gasteiger partial charge in [0.25, 0.3) is 0 Å². The Morgan fingerprint density at radius 3 is 2.45 bits per heavy atom. The van der Waals surface area contributed by atoms with E-state index in [0.29, 0.717) is 29.4 Å². The fourth-order valence-corrected chi connectivity index (χ4v) is 2.97. The molecule has 3 aromatic rings. The lowest BCUT2D eigenvalue weighted by Gasteiger charge is -2.08. The van der Waals surface area contributed by atoms with Crippen LogP contribution >= 0.6 is 0 Å². The Hall–Kier alpha value is -3.79. The lowest BCUT2D eigenvalue weighted by molar-refractivity contribution is 0.101. The van der Waals surface area contributed by atoms with Gasteiger partial charge in [0.15, 0.2) is 5.76 Å². The number of hydrogen-bond donors (Lipinski definition) is 0. The molecule has 0 saturated heterocycles. The van der Waals surface area contributed by atoms with E-state index < -0.39 is 0 Å². The molecule has 0 atom stereocenters. The molecule has 0 N–H and O–H groups in total. The molecule has 4 heteroatoms. The van der Waals surface area contributed by atoms with Crippen molar-refractivity contribution in [2.45, 2.75) is 6.61 Å². The molecule has 1 heterocycles. The minimum Gasteiger partial charge on any atom is -0.497 e. The molecule has 0 unspecified atom stereocenters. The van der Waals surface area contributed by atoms with Crippen molar-refractivity contribution in [2.24, 2.45) is 0 Å². The third-order valence-electron chi connectivity index (χ3n) is 4.54. The molecule has 0 fully saturated rings. The largest absolute Gasteiger partial charge is 0.497 e. The van der Waals surface area contributed by atoms with E-state index in [1.54, 1.807) is 31.4 Å². The topological polar surface area (TPSA) is 44.8 Å². The van der Waals surface area contributed by atoms with Gasteiger partial charge in [0.2, 0.25) is 5.78 Å². The monoisotopic (exact) mass is 384 g/mol. The van der Waals surface area contributed by atoms with Crippen LogP contribution in [0, 0.1) is 0 Å². The summed E-state index contributed by atoms with van der Waals surface area (Å²) in [6, 6.07) is 22.8. The van der Waals surface area contributed by atoms with Crippen LogP contribution in [0.2, 0.25) is 0 Å². The van der Waals surface area contributed by atoms with Crippen LogP contribution in [-0.4, -0.2) is 12.9 Å². The Kier molecular flexibility index (Phi) is 5.43. The summed E-state index contributed by atoms with van der Waals surface area (Å²) in [6.45, 7) is 0.416. The summed E-state index contributed by atoms with van der Waals surface area (Å²) in [6.07, 6.45) is 5.43. The fraction of sp³-hybridized carbons (Fsp3) is 0.0800. The smallest absolute Gasteiger partial charge is 0.231 e. The first-order valence-corrected chi connectivity index (χ1v) is 9.29. The number of ether oxygens (including phenoxy) is 3. The summed E-state index contributed by atoms with van der Waals surface area (Å²) >= 11 is 0. The molecule has 1 aliphatic rings. The summed E-state index contributed by atoms with van der Waals surface area (Å²) in [5.41, 5.74) is 2.62. The Morgan fingerprint density at radius 1 is 0.931 bits per heavy atom. The molecule has 0 radical (unpaired) electrons. The van der Waals surface area contributed by atoms with E-state index in [1.807, 2.05) is 66.7 Å². The van der Waals surface area contributed by atoms with Crippen molar-refractivity contribution in [3.63, 3.8) is 0 Å². The Labute approximate surface area is 169 Å². The van der Waals surface area contributed by atoms with Crippen LogP contribution in [0.4, 0.5) is 0 Å². The first-order chi connectivity index (χ1) is 14.2. The van der Waals surface area contributed by atoms with Gasteiger partial charge in [-0.15, -0.1) is 0 Å². The predicted octanol–water partition coefficient (Wildman–Crippen LogP) is 5.45. The van der Waals surface area contributed by atoms with Gasteiger partial charge in [-0.25, -0.2) is 0 Å². The summed E-state index contributed by atoms with van der Waals surface area (Å²) in [7, 11) is 1.64. The average molecular weight is 384 g/mol. The van der Waals surface area contributed by atoms with Crippen LogP contribution in [0.3, 0.4) is 0 Å². The van der Waals surface area contributed by atoms with E-state index in [-0.39, 0.29) is 5.78 Å². The van der Waals surface area contributed by atoms with Crippen molar-refractivity contribution in [1.82, 2.24) is 0 Å². The van der Waals surface area contributed by atoms with Crippen LogP contribution in [0.25, 0.3) is 6.08 Å². The highest BCUT2D eigenvalue weighted by Gasteiger charge is 2.27. The molecule has 0 aromatic heterocycles. The van der Waals surface area contributed by atoms with Gasteiger partial charge < -0.3 is 14.2 Å². The summed E-state index contributed by atoms with van der Waals surface area (Å²) in [4.78, 5) is 12.5. The van der Waals surface area contributed by atoms with Crippen LogP contribution < -0.4 is 14.2 Å². The van der Waals surface area contributed by atoms with E-state index in [0.717, 1.165) is 16.9 Å². The van der Waals surface area contributed by atoms with Crippen molar-refractivity contribution in [2.75, 3.05) is 7.11 Å². The Bertz CT molecular complexity index is 1060. The Balaban J connectivity index is 1.42. The third kappa shape index (κ3) is 4.38. The van der Waals surface area contributed by atoms with Crippen molar-refractivity contribution >= 4 is 11.9 Å². The maximum Gasteiger partial charge on any atom is 0.231 e. The second-order valence-electron chi connectivity index (χ2n) is 6.53. The van der Waals surface area contributed by atoms with Gasteiger partial charge >= 0.3 is 0 Å². The van der Waals surface area contributed by atoms with E-state index in [1.165, 1.54) is 0 Å². The SMILES string of the molecule is COc1ccc(COc2ccc3c(c2)OC(=CC=Cc2ccccc2)C3=O)cc1. The average Bonchev–Trinajstić information content (AvgIpc) is 3.08. The van der Waals surface area contributed by atoms with Crippen LogP contribution in [0.15, 0.2) is 90.7 Å². The number of hydrogen-bond acceptors (Lipinski definition) is 4. The van der Waals surface area contributed by atoms with Gasteiger partial charge in [-0.05, 0) is 41.5 Å². The molecule has 0 aliphatic carbocycles. The van der Waals surface area contributed by atoms with Gasteiger partial charge in [-0.1, -0.05) is 54.6 Å². The lowest BCUT2D eigenvalue weighted by Crippen LogP contribution is -1.97. The molecule has 3 aromatic carbocycles. The molecule has 4 nitrogen and oxygen atoms in total. The number of methoxy groups -OCH3 is 1. The van der Waals surface area contributed by atoms with Gasteiger partial charge in [0, 0.05) is 6.07 Å². The zero-order chi connectivity index (χ0) is 20.1. The molecular weight excluding hydrogens is 364 g/mol. The Morgan fingerprint density at radius 2 is 1.69 bits per heavy atom. The van der Waals surface area contributed by atoms with E-state index in [4.69, 9.17) is 14.2 Å².